The van der Waals surface area contributed by atoms with Gasteiger partial charge in [-0.25, -0.2) is 0 Å². The Balaban J connectivity index is 2.29. The van der Waals surface area contributed by atoms with Gasteiger partial charge in [0.05, 0.1) is 0 Å². The number of rotatable bonds is 11. The van der Waals surface area contributed by atoms with Gasteiger partial charge in [-0.2, -0.15) is 0 Å². The Morgan fingerprint density at radius 3 is 2.50 bits per heavy atom. The van der Waals surface area contributed by atoms with Crippen LogP contribution in [0.15, 0.2) is 24.3 Å². The minimum atomic E-state index is 0.588. The SMILES string of the molecule is CCCCCCCCC(Cc1cccc(Cl)c1)NCC. The maximum Gasteiger partial charge on any atom is 0.0408 e. The Labute approximate surface area is 130 Å². The molecule has 1 unspecified atom stereocenters. The Morgan fingerprint density at radius 2 is 1.80 bits per heavy atom. The van der Waals surface area contributed by atoms with Crippen LogP contribution in [-0.2, 0) is 6.42 Å². The van der Waals surface area contributed by atoms with Crippen LogP contribution in [0.2, 0.25) is 5.02 Å². The molecule has 0 spiro atoms. The van der Waals surface area contributed by atoms with E-state index in [4.69, 9.17) is 11.6 Å². The van der Waals surface area contributed by atoms with Gasteiger partial charge in [0.15, 0.2) is 0 Å². The second-order valence-corrected chi connectivity index (χ2v) is 6.08. The Hall–Kier alpha value is -0.530. The van der Waals surface area contributed by atoms with Gasteiger partial charge in [-0.1, -0.05) is 76.1 Å². The zero-order chi connectivity index (χ0) is 14.6. The third-order valence-corrected chi connectivity index (χ3v) is 4.01. The zero-order valence-electron chi connectivity index (χ0n) is 13.1. The van der Waals surface area contributed by atoms with Crippen molar-refractivity contribution in [2.45, 2.75) is 71.3 Å². The summed E-state index contributed by atoms with van der Waals surface area (Å²) in [7, 11) is 0. The predicted octanol–water partition coefficient (Wildman–Crippen LogP) is 5.61. The predicted molar refractivity (Wildman–Crippen MR) is 90.6 cm³/mol. The summed E-state index contributed by atoms with van der Waals surface area (Å²) in [5, 5.41) is 4.45. The molecule has 1 rings (SSSR count). The van der Waals surface area contributed by atoms with Crippen LogP contribution >= 0.6 is 11.6 Å². The van der Waals surface area contributed by atoms with Crippen LogP contribution in [-0.4, -0.2) is 12.6 Å². The molecule has 0 aromatic heterocycles. The molecule has 0 bridgehead atoms. The topological polar surface area (TPSA) is 12.0 Å². The normalized spacial score (nSPS) is 12.6. The van der Waals surface area contributed by atoms with Crippen molar-refractivity contribution >= 4 is 11.6 Å². The molecule has 0 aliphatic carbocycles. The highest BCUT2D eigenvalue weighted by molar-refractivity contribution is 6.30. The highest BCUT2D eigenvalue weighted by Gasteiger charge is 2.08. The zero-order valence-corrected chi connectivity index (χ0v) is 13.9. The smallest absolute Gasteiger partial charge is 0.0408 e. The van der Waals surface area contributed by atoms with Crippen molar-refractivity contribution in [3.05, 3.63) is 34.9 Å². The summed E-state index contributed by atoms with van der Waals surface area (Å²) < 4.78 is 0. The van der Waals surface area contributed by atoms with Crippen LogP contribution in [0.3, 0.4) is 0 Å². The summed E-state index contributed by atoms with van der Waals surface area (Å²) in [4.78, 5) is 0. The van der Waals surface area contributed by atoms with Crippen molar-refractivity contribution in [3.63, 3.8) is 0 Å². The van der Waals surface area contributed by atoms with E-state index >= 15 is 0 Å². The molecule has 0 aliphatic heterocycles. The molecule has 0 fully saturated rings. The minimum absolute atomic E-state index is 0.588. The fourth-order valence-electron chi connectivity index (χ4n) is 2.68. The van der Waals surface area contributed by atoms with E-state index < -0.39 is 0 Å². The van der Waals surface area contributed by atoms with Gasteiger partial charge in [-0.3, -0.25) is 0 Å². The molecule has 20 heavy (non-hydrogen) atoms. The second-order valence-electron chi connectivity index (χ2n) is 5.65. The molecule has 0 saturated heterocycles. The van der Waals surface area contributed by atoms with Gasteiger partial charge >= 0.3 is 0 Å². The quantitative estimate of drug-likeness (QED) is 0.523. The summed E-state index contributed by atoms with van der Waals surface area (Å²) in [6.45, 7) is 5.50. The van der Waals surface area contributed by atoms with Gasteiger partial charge in [0.1, 0.15) is 0 Å². The van der Waals surface area contributed by atoms with Gasteiger partial charge in [0, 0.05) is 11.1 Å². The molecule has 1 N–H and O–H groups in total. The summed E-state index contributed by atoms with van der Waals surface area (Å²) in [6, 6.07) is 8.85. The van der Waals surface area contributed by atoms with Gasteiger partial charge in [-0.15, -0.1) is 0 Å². The Bertz CT molecular complexity index is 351. The lowest BCUT2D eigenvalue weighted by Gasteiger charge is -2.18. The molecular weight excluding hydrogens is 266 g/mol. The van der Waals surface area contributed by atoms with Gasteiger partial charge in [0.2, 0.25) is 0 Å². The fraction of sp³-hybridized carbons (Fsp3) is 0.667. The highest BCUT2D eigenvalue weighted by Crippen LogP contribution is 2.15. The summed E-state index contributed by atoms with van der Waals surface area (Å²) in [5.41, 5.74) is 1.34. The van der Waals surface area contributed by atoms with Crippen LogP contribution in [0.4, 0.5) is 0 Å². The molecule has 0 amide bonds. The third kappa shape index (κ3) is 7.91. The molecule has 0 heterocycles. The maximum atomic E-state index is 6.06. The molecule has 0 saturated carbocycles. The number of likely N-dealkylation sites (N-methyl/N-ethyl adjacent to an activating group) is 1. The van der Waals surface area contributed by atoms with Crippen LogP contribution in [0.5, 0.6) is 0 Å². The molecule has 1 aromatic rings. The number of hydrogen-bond donors (Lipinski definition) is 1. The number of benzene rings is 1. The van der Waals surface area contributed by atoms with Crippen molar-refractivity contribution in [2.24, 2.45) is 0 Å². The second kappa shape index (κ2) is 11.2. The first kappa shape index (κ1) is 17.5. The van der Waals surface area contributed by atoms with E-state index in [1.807, 2.05) is 12.1 Å². The molecule has 0 aliphatic rings. The number of nitrogens with one attached hydrogen (secondary N) is 1. The lowest BCUT2D eigenvalue weighted by molar-refractivity contribution is 0.459. The number of unbranched alkanes of at least 4 members (excludes halogenated alkanes) is 5. The third-order valence-electron chi connectivity index (χ3n) is 3.77. The van der Waals surface area contributed by atoms with Crippen LogP contribution < -0.4 is 5.32 Å². The van der Waals surface area contributed by atoms with Crippen LogP contribution in [0.1, 0.15) is 64.4 Å². The minimum Gasteiger partial charge on any atom is -0.314 e. The molecule has 114 valence electrons. The standard InChI is InChI=1S/C18H30ClN/c1-3-5-6-7-8-9-13-18(20-4-2)15-16-11-10-12-17(19)14-16/h10-12,14,18,20H,3-9,13,15H2,1-2H3. The van der Waals surface area contributed by atoms with E-state index in [1.54, 1.807) is 0 Å². The molecular formula is C18H30ClN. The summed E-state index contributed by atoms with van der Waals surface area (Å²) in [5.74, 6) is 0. The lowest BCUT2D eigenvalue weighted by Crippen LogP contribution is -2.30. The molecule has 1 aromatic carbocycles. The van der Waals surface area contributed by atoms with Crippen LogP contribution in [0.25, 0.3) is 0 Å². The van der Waals surface area contributed by atoms with Gasteiger partial charge in [0.25, 0.3) is 0 Å². The molecule has 0 radical (unpaired) electrons. The van der Waals surface area contributed by atoms with Gasteiger partial charge in [-0.05, 0) is 37.1 Å². The van der Waals surface area contributed by atoms with E-state index in [2.05, 4.69) is 31.3 Å². The molecule has 1 atom stereocenters. The summed E-state index contributed by atoms with van der Waals surface area (Å²) >= 11 is 6.06. The van der Waals surface area contributed by atoms with Crippen LogP contribution in [0, 0.1) is 0 Å². The van der Waals surface area contributed by atoms with Crippen molar-refractivity contribution in [1.29, 1.82) is 0 Å². The van der Waals surface area contributed by atoms with Crippen molar-refractivity contribution in [3.8, 4) is 0 Å². The number of halogens is 1. The fourth-order valence-corrected chi connectivity index (χ4v) is 2.90. The summed E-state index contributed by atoms with van der Waals surface area (Å²) in [6.07, 6.45) is 10.6. The monoisotopic (exact) mass is 295 g/mol. The largest absolute Gasteiger partial charge is 0.314 e. The van der Waals surface area contributed by atoms with Crippen molar-refractivity contribution < 1.29 is 0 Å². The first-order valence-corrected chi connectivity index (χ1v) is 8.61. The first-order valence-electron chi connectivity index (χ1n) is 8.24. The maximum absolute atomic E-state index is 6.06. The molecule has 2 heteroatoms. The van der Waals surface area contributed by atoms with E-state index in [1.165, 1.54) is 50.5 Å². The Kier molecular flexibility index (Phi) is 9.78. The van der Waals surface area contributed by atoms with E-state index in [0.717, 1.165) is 18.0 Å². The Morgan fingerprint density at radius 1 is 1.05 bits per heavy atom. The average molecular weight is 296 g/mol. The highest BCUT2D eigenvalue weighted by atomic mass is 35.5. The van der Waals surface area contributed by atoms with E-state index in [9.17, 15) is 0 Å². The van der Waals surface area contributed by atoms with Crippen molar-refractivity contribution in [2.75, 3.05) is 6.54 Å². The number of hydrogen-bond acceptors (Lipinski definition) is 1. The lowest BCUT2D eigenvalue weighted by atomic mass is 9.99. The van der Waals surface area contributed by atoms with E-state index in [-0.39, 0.29) is 0 Å². The first-order chi connectivity index (χ1) is 9.76. The van der Waals surface area contributed by atoms with Crippen molar-refractivity contribution in [1.82, 2.24) is 5.32 Å². The van der Waals surface area contributed by atoms with Gasteiger partial charge < -0.3 is 5.32 Å². The van der Waals surface area contributed by atoms with E-state index in [0.29, 0.717) is 6.04 Å². The molecule has 1 nitrogen and oxygen atoms in total. The average Bonchev–Trinajstić information content (AvgIpc) is 2.43.